The third kappa shape index (κ3) is 2.15. The van der Waals surface area contributed by atoms with Crippen molar-refractivity contribution in [3.63, 3.8) is 0 Å². The molecule has 4 rings (SSSR count). The van der Waals surface area contributed by atoms with Crippen LogP contribution in [0.1, 0.15) is 17.0 Å². The Morgan fingerprint density at radius 2 is 1.88 bits per heavy atom. The first-order valence-corrected chi connectivity index (χ1v) is 8.01. The number of hydrogen-bond acceptors (Lipinski definition) is 5. The summed E-state index contributed by atoms with van der Waals surface area (Å²) in [5.74, 6) is -0.203. The van der Waals surface area contributed by atoms with Crippen LogP contribution in [-0.4, -0.2) is 9.67 Å². The summed E-state index contributed by atoms with van der Waals surface area (Å²) in [5, 5.41) is 19.9. The van der Waals surface area contributed by atoms with Crippen LogP contribution in [0.4, 0.5) is 0 Å². The minimum Gasteiger partial charge on any atom is -0.508 e. The fourth-order valence-corrected chi connectivity index (χ4v) is 3.43. The standard InChI is InChI=1S/C20H15N3O3/c1-23-15-5-3-2-4-13(15)18-17(20(23)25)16(14(10-21)19(22)26-18)11-6-8-12(24)9-7-11/h2-9,16,24H,22H2,1H3/t16-/m0/s1. The van der Waals surface area contributed by atoms with Gasteiger partial charge in [-0.3, -0.25) is 4.79 Å². The van der Waals surface area contributed by atoms with E-state index in [0.29, 0.717) is 22.4 Å². The van der Waals surface area contributed by atoms with Crippen molar-refractivity contribution in [2.24, 2.45) is 12.8 Å². The van der Waals surface area contributed by atoms with Gasteiger partial charge in [0.25, 0.3) is 5.56 Å². The molecule has 6 nitrogen and oxygen atoms in total. The number of para-hydroxylation sites is 1. The second-order valence-corrected chi connectivity index (χ2v) is 6.14. The Hall–Kier alpha value is -3.72. The lowest BCUT2D eigenvalue weighted by Crippen LogP contribution is -2.31. The maximum Gasteiger partial charge on any atom is 0.258 e. The minimum absolute atomic E-state index is 0.0171. The zero-order chi connectivity index (χ0) is 18.4. The van der Waals surface area contributed by atoms with Crippen LogP contribution in [0.15, 0.2) is 64.8 Å². The Morgan fingerprint density at radius 1 is 1.19 bits per heavy atom. The molecule has 0 saturated heterocycles. The van der Waals surface area contributed by atoms with Crippen molar-refractivity contribution in [2.45, 2.75) is 5.92 Å². The van der Waals surface area contributed by atoms with Crippen molar-refractivity contribution in [2.75, 3.05) is 0 Å². The SMILES string of the molecule is Cn1c(=O)c2c(c3ccccc31)OC(N)=C(C#N)[C@@H]2c1ccc(O)cc1. The maximum absolute atomic E-state index is 13.1. The molecule has 2 aromatic carbocycles. The fraction of sp³-hybridized carbons (Fsp3) is 0.100. The zero-order valence-corrected chi connectivity index (χ0v) is 13.9. The van der Waals surface area contributed by atoms with Gasteiger partial charge >= 0.3 is 0 Å². The number of nitriles is 1. The summed E-state index contributed by atoms with van der Waals surface area (Å²) in [6.07, 6.45) is 0. The highest BCUT2D eigenvalue weighted by molar-refractivity contribution is 5.88. The van der Waals surface area contributed by atoms with E-state index in [1.54, 1.807) is 23.7 Å². The highest BCUT2D eigenvalue weighted by Gasteiger charge is 2.35. The lowest BCUT2D eigenvalue weighted by Gasteiger charge is -2.27. The highest BCUT2D eigenvalue weighted by atomic mass is 16.5. The van der Waals surface area contributed by atoms with Crippen molar-refractivity contribution in [3.05, 3.63) is 81.5 Å². The molecule has 0 spiro atoms. The smallest absolute Gasteiger partial charge is 0.258 e. The summed E-state index contributed by atoms with van der Waals surface area (Å²) in [4.78, 5) is 13.1. The number of aryl methyl sites for hydroxylation is 1. The van der Waals surface area contributed by atoms with E-state index in [0.717, 1.165) is 5.39 Å². The first-order valence-electron chi connectivity index (χ1n) is 8.01. The van der Waals surface area contributed by atoms with E-state index in [2.05, 4.69) is 6.07 Å². The van der Waals surface area contributed by atoms with E-state index in [-0.39, 0.29) is 22.8 Å². The Morgan fingerprint density at radius 3 is 2.58 bits per heavy atom. The number of aromatic hydroxyl groups is 1. The number of phenolic OH excluding ortho intramolecular Hbond substituents is 1. The number of nitrogens with two attached hydrogens (primary N) is 1. The second kappa shape index (κ2) is 5.67. The largest absolute Gasteiger partial charge is 0.508 e. The highest BCUT2D eigenvalue weighted by Crippen LogP contribution is 2.43. The van der Waals surface area contributed by atoms with Crippen molar-refractivity contribution in [1.29, 1.82) is 5.26 Å². The van der Waals surface area contributed by atoms with Gasteiger partial charge in [0.2, 0.25) is 5.88 Å². The summed E-state index contributed by atoms with van der Waals surface area (Å²) in [7, 11) is 1.69. The van der Waals surface area contributed by atoms with Crippen LogP contribution in [0.2, 0.25) is 0 Å². The van der Waals surface area contributed by atoms with E-state index in [1.807, 2.05) is 24.3 Å². The molecule has 3 N–H and O–H groups in total. The number of nitrogens with zero attached hydrogens (tertiary/aromatic N) is 2. The quantitative estimate of drug-likeness (QED) is 0.705. The molecule has 26 heavy (non-hydrogen) atoms. The van der Waals surface area contributed by atoms with Gasteiger partial charge in [0, 0.05) is 12.4 Å². The normalized spacial score (nSPS) is 16.1. The van der Waals surface area contributed by atoms with Crippen molar-refractivity contribution in [1.82, 2.24) is 4.57 Å². The van der Waals surface area contributed by atoms with Crippen molar-refractivity contribution in [3.8, 4) is 17.6 Å². The fourth-order valence-electron chi connectivity index (χ4n) is 3.43. The lowest BCUT2D eigenvalue weighted by molar-refractivity contribution is 0.396. The molecule has 128 valence electrons. The lowest BCUT2D eigenvalue weighted by atomic mass is 9.83. The monoisotopic (exact) mass is 345 g/mol. The summed E-state index contributed by atoms with van der Waals surface area (Å²) < 4.78 is 7.28. The van der Waals surface area contributed by atoms with Gasteiger partial charge in [-0.05, 0) is 29.8 Å². The Balaban J connectivity index is 2.12. The van der Waals surface area contributed by atoms with Gasteiger partial charge < -0.3 is 20.1 Å². The van der Waals surface area contributed by atoms with Gasteiger partial charge in [-0.15, -0.1) is 0 Å². The molecule has 0 fully saturated rings. The molecule has 2 heterocycles. The second-order valence-electron chi connectivity index (χ2n) is 6.14. The Kier molecular flexibility index (Phi) is 3.44. The molecule has 1 aromatic heterocycles. The molecule has 0 aliphatic carbocycles. The first-order chi connectivity index (χ1) is 12.5. The minimum atomic E-state index is -0.660. The Bertz CT molecular complexity index is 1170. The van der Waals surface area contributed by atoms with Crippen LogP contribution in [0, 0.1) is 11.3 Å². The van der Waals surface area contributed by atoms with Gasteiger partial charge in [0.1, 0.15) is 23.1 Å². The Labute approximate surface area is 149 Å². The predicted molar refractivity (Wildman–Crippen MR) is 96.6 cm³/mol. The van der Waals surface area contributed by atoms with Gasteiger partial charge in [-0.2, -0.15) is 5.26 Å². The molecule has 0 radical (unpaired) electrons. The van der Waals surface area contributed by atoms with E-state index < -0.39 is 5.92 Å². The number of fused-ring (bicyclic) bond motifs is 3. The number of phenols is 1. The summed E-state index contributed by atoms with van der Waals surface area (Å²) >= 11 is 0. The summed E-state index contributed by atoms with van der Waals surface area (Å²) in [6.45, 7) is 0. The first kappa shape index (κ1) is 15.8. The van der Waals surface area contributed by atoms with E-state index >= 15 is 0 Å². The van der Waals surface area contributed by atoms with Crippen LogP contribution in [-0.2, 0) is 7.05 Å². The third-order valence-electron chi connectivity index (χ3n) is 4.69. The van der Waals surface area contributed by atoms with E-state index in [9.17, 15) is 15.2 Å². The molecule has 3 aromatic rings. The molecule has 0 amide bonds. The van der Waals surface area contributed by atoms with Gasteiger partial charge in [0.05, 0.1) is 17.0 Å². The van der Waals surface area contributed by atoms with Crippen LogP contribution >= 0.6 is 0 Å². The van der Waals surface area contributed by atoms with E-state index in [4.69, 9.17) is 10.5 Å². The van der Waals surface area contributed by atoms with Gasteiger partial charge in [-0.1, -0.05) is 24.3 Å². The third-order valence-corrected chi connectivity index (χ3v) is 4.69. The number of hydrogen-bond donors (Lipinski definition) is 2. The molecular weight excluding hydrogens is 330 g/mol. The van der Waals surface area contributed by atoms with Crippen molar-refractivity contribution >= 4 is 10.9 Å². The van der Waals surface area contributed by atoms with Crippen LogP contribution in [0.3, 0.4) is 0 Å². The molecular formula is C20H15N3O3. The molecule has 0 saturated carbocycles. The molecule has 0 unspecified atom stereocenters. The predicted octanol–water partition coefficient (Wildman–Crippen LogP) is 2.46. The van der Waals surface area contributed by atoms with Gasteiger partial charge in [-0.25, -0.2) is 0 Å². The zero-order valence-electron chi connectivity index (χ0n) is 13.9. The van der Waals surface area contributed by atoms with Crippen LogP contribution in [0.25, 0.3) is 10.9 Å². The number of allylic oxidation sites excluding steroid dienone is 1. The molecule has 6 heteroatoms. The molecule has 1 atom stereocenters. The molecule has 0 bridgehead atoms. The molecule has 1 aliphatic heterocycles. The number of ether oxygens (including phenoxy) is 1. The number of pyridine rings is 1. The number of benzene rings is 2. The number of rotatable bonds is 1. The average Bonchev–Trinajstić information content (AvgIpc) is 2.66. The topological polar surface area (TPSA) is 101 Å². The maximum atomic E-state index is 13.1. The van der Waals surface area contributed by atoms with Crippen LogP contribution < -0.4 is 16.0 Å². The van der Waals surface area contributed by atoms with Crippen LogP contribution in [0.5, 0.6) is 11.5 Å². The number of aromatic nitrogens is 1. The molecule has 1 aliphatic rings. The van der Waals surface area contributed by atoms with Crippen molar-refractivity contribution < 1.29 is 9.84 Å². The van der Waals surface area contributed by atoms with Gasteiger partial charge in [0.15, 0.2) is 0 Å². The summed E-state index contributed by atoms with van der Waals surface area (Å²) in [6, 6.07) is 15.8. The summed E-state index contributed by atoms with van der Waals surface area (Å²) in [5.41, 5.74) is 7.70. The average molecular weight is 345 g/mol. The van der Waals surface area contributed by atoms with E-state index in [1.165, 1.54) is 12.1 Å².